The van der Waals surface area contributed by atoms with Crippen LogP contribution in [0.25, 0.3) is 0 Å². The summed E-state index contributed by atoms with van der Waals surface area (Å²) in [5.74, 6) is -1.49. The second-order valence-electron chi connectivity index (χ2n) is 4.39. The number of aliphatic hydroxyl groups excluding tert-OH is 1. The molecule has 0 spiro atoms. The molecule has 0 aliphatic carbocycles. The van der Waals surface area contributed by atoms with E-state index in [9.17, 15) is 13.9 Å². The van der Waals surface area contributed by atoms with Gasteiger partial charge in [0, 0.05) is 25.2 Å². The van der Waals surface area contributed by atoms with E-state index in [1.54, 1.807) is 0 Å². The maximum atomic E-state index is 13.7. The van der Waals surface area contributed by atoms with Crippen molar-refractivity contribution in [3.05, 3.63) is 29.3 Å². The molecule has 0 radical (unpaired) electrons. The molecule has 0 bridgehead atoms. The highest BCUT2D eigenvalue weighted by Gasteiger charge is 2.25. The summed E-state index contributed by atoms with van der Waals surface area (Å²) < 4.78 is 37.5. The second kappa shape index (κ2) is 5.63. The van der Waals surface area contributed by atoms with Gasteiger partial charge < -0.3 is 14.6 Å². The fourth-order valence-electron chi connectivity index (χ4n) is 2.19. The van der Waals surface area contributed by atoms with Crippen molar-refractivity contribution < 1.29 is 23.4 Å². The van der Waals surface area contributed by atoms with Gasteiger partial charge in [-0.3, -0.25) is 0 Å². The molecule has 1 heterocycles. The largest absolute Gasteiger partial charge is 0.497 e. The van der Waals surface area contributed by atoms with E-state index in [0.717, 1.165) is 25.0 Å². The van der Waals surface area contributed by atoms with Gasteiger partial charge in [0.1, 0.15) is 17.4 Å². The summed E-state index contributed by atoms with van der Waals surface area (Å²) in [7, 11) is 1.33. The van der Waals surface area contributed by atoms with Crippen molar-refractivity contribution in [1.29, 1.82) is 0 Å². The number of hydrogen-bond acceptors (Lipinski definition) is 3. The summed E-state index contributed by atoms with van der Waals surface area (Å²) in [4.78, 5) is 0. The zero-order valence-corrected chi connectivity index (χ0v) is 10.2. The summed E-state index contributed by atoms with van der Waals surface area (Å²) in [6.07, 6.45) is 0.626. The van der Waals surface area contributed by atoms with Gasteiger partial charge in [0.15, 0.2) is 0 Å². The van der Waals surface area contributed by atoms with Gasteiger partial charge in [-0.2, -0.15) is 0 Å². The SMILES string of the molecule is COc1cc(F)c(C(O)CC2CCCO2)c(F)c1. The fourth-order valence-corrected chi connectivity index (χ4v) is 2.19. The van der Waals surface area contributed by atoms with Crippen molar-refractivity contribution in [1.82, 2.24) is 0 Å². The minimum absolute atomic E-state index is 0.0954. The molecule has 2 rings (SSSR count). The van der Waals surface area contributed by atoms with Crippen LogP contribution in [0.5, 0.6) is 5.75 Å². The lowest BCUT2D eigenvalue weighted by Gasteiger charge is -2.17. The van der Waals surface area contributed by atoms with Gasteiger partial charge in [-0.15, -0.1) is 0 Å². The highest BCUT2D eigenvalue weighted by molar-refractivity contribution is 5.31. The summed E-state index contributed by atoms with van der Waals surface area (Å²) in [6.45, 7) is 0.644. The van der Waals surface area contributed by atoms with E-state index in [0.29, 0.717) is 6.61 Å². The van der Waals surface area contributed by atoms with Crippen LogP contribution < -0.4 is 4.74 Å². The molecule has 0 saturated carbocycles. The van der Waals surface area contributed by atoms with Gasteiger partial charge in [0.2, 0.25) is 0 Å². The number of benzene rings is 1. The van der Waals surface area contributed by atoms with Crippen molar-refractivity contribution in [2.24, 2.45) is 0 Å². The summed E-state index contributed by atoms with van der Waals surface area (Å²) in [5.41, 5.74) is -0.314. The van der Waals surface area contributed by atoms with Crippen LogP contribution in [0.4, 0.5) is 8.78 Å². The first-order valence-corrected chi connectivity index (χ1v) is 5.94. The molecule has 100 valence electrons. The first-order valence-electron chi connectivity index (χ1n) is 5.94. The monoisotopic (exact) mass is 258 g/mol. The molecule has 1 aliphatic heterocycles. The maximum absolute atomic E-state index is 13.7. The predicted octanol–water partition coefficient (Wildman–Crippen LogP) is 2.58. The van der Waals surface area contributed by atoms with Crippen LogP contribution in [0.3, 0.4) is 0 Å². The lowest BCUT2D eigenvalue weighted by atomic mass is 10.0. The summed E-state index contributed by atoms with van der Waals surface area (Å²) >= 11 is 0. The maximum Gasteiger partial charge on any atom is 0.135 e. The van der Waals surface area contributed by atoms with Crippen LogP contribution in [0.15, 0.2) is 12.1 Å². The van der Waals surface area contributed by atoms with Gasteiger partial charge in [0.05, 0.1) is 24.9 Å². The van der Waals surface area contributed by atoms with Crippen LogP contribution in [-0.4, -0.2) is 24.9 Å². The fraction of sp³-hybridized carbons (Fsp3) is 0.538. The smallest absolute Gasteiger partial charge is 0.135 e. The molecule has 0 amide bonds. The van der Waals surface area contributed by atoms with Crippen molar-refractivity contribution in [2.75, 3.05) is 13.7 Å². The van der Waals surface area contributed by atoms with Crippen LogP contribution in [0, 0.1) is 11.6 Å². The Kier molecular flexibility index (Phi) is 4.14. The second-order valence-corrected chi connectivity index (χ2v) is 4.39. The van der Waals surface area contributed by atoms with E-state index in [1.165, 1.54) is 7.11 Å². The molecule has 5 heteroatoms. The average molecular weight is 258 g/mol. The molecule has 1 N–H and O–H groups in total. The number of methoxy groups -OCH3 is 1. The Bertz CT molecular complexity index is 394. The topological polar surface area (TPSA) is 38.7 Å². The van der Waals surface area contributed by atoms with Gasteiger partial charge in [-0.05, 0) is 12.8 Å². The predicted molar refractivity (Wildman–Crippen MR) is 61.5 cm³/mol. The van der Waals surface area contributed by atoms with E-state index < -0.39 is 17.7 Å². The molecule has 3 nitrogen and oxygen atoms in total. The first kappa shape index (κ1) is 13.2. The lowest BCUT2D eigenvalue weighted by molar-refractivity contribution is 0.0507. The molecule has 1 aromatic carbocycles. The van der Waals surface area contributed by atoms with Crippen LogP contribution in [0.1, 0.15) is 30.9 Å². The Morgan fingerprint density at radius 2 is 2.11 bits per heavy atom. The molecule has 18 heavy (non-hydrogen) atoms. The number of rotatable bonds is 4. The van der Waals surface area contributed by atoms with Gasteiger partial charge in [-0.1, -0.05) is 0 Å². The van der Waals surface area contributed by atoms with Crippen molar-refractivity contribution >= 4 is 0 Å². The zero-order valence-electron chi connectivity index (χ0n) is 10.2. The van der Waals surface area contributed by atoms with Crippen molar-refractivity contribution in [3.63, 3.8) is 0 Å². The first-order chi connectivity index (χ1) is 8.61. The zero-order chi connectivity index (χ0) is 13.1. The molecule has 1 saturated heterocycles. The highest BCUT2D eigenvalue weighted by atomic mass is 19.1. The van der Waals surface area contributed by atoms with Gasteiger partial charge >= 0.3 is 0 Å². The third-order valence-electron chi connectivity index (χ3n) is 3.13. The number of hydrogen-bond donors (Lipinski definition) is 1. The normalized spacial score (nSPS) is 21.0. The minimum Gasteiger partial charge on any atom is -0.497 e. The van der Waals surface area contributed by atoms with E-state index in [-0.39, 0.29) is 23.8 Å². The molecular weight excluding hydrogens is 242 g/mol. The molecule has 2 unspecified atom stereocenters. The van der Waals surface area contributed by atoms with E-state index in [1.807, 2.05) is 0 Å². The molecular formula is C13H16F2O3. The highest BCUT2D eigenvalue weighted by Crippen LogP contribution is 2.30. The lowest BCUT2D eigenvalue weighted by Crippen LogP contribution is -2.13. The van der Waals surface area contributed by atoms with Crippen molar-refractivity contribution in [3.8, 4) is 5.75 Å². The number of halogens is 2. The van der Waals surface area contributed by atoms with E-state index >= 15 is 0 Å². The summed E-state index contributed by atoms with van der Waals surface area (Å²) in [6, 6.07) is 2.13. The molecule has 1 aliphatic rings. The third-order valence-corrected chi connectivity index (χ3v) is 3.13. The standard InChI is InChI=1S/C13H16F2O3/c1-17-9-5-10(14)13(11(15)6-9)12(16)7-8-3-2-4-18-8/h5-6,8,12,16H,2-4,7H2,1H3. The average Bonchev–Trinajstić information content (AvgIpc) is 2.80. The van der Waals surface area contributed by atoms with E-state index in [4.69, 9.17) is 9.47 Å². The summed E-state index contributed by atoms with van der Waals surface area (Å²) in [5, 5.41) is 9.91. The number of ether oxygens (including phenoxy) is 2. The molecule has 0 aromatic heterocycles. The number of aliphatic hydroxyl groups is 1. The van der Waals surface area contributed by atoms with E-state index in [2.05, 4.69) is 0 Å². The Morgan fingerprint density at radius 3 is 2.61 bits per heavy atom. The van der Waals surface area contributed by atoms with Gasteiger partial charge in [0.25, 0.3) is 0 Å². The van der Waals surface area contributed by atoms with Crippen LogP contribution in [-0.2, 0) is 4.74 Å². The molecule has 1 aromatic rings. The minimum atomic E-state index is -1.20. The van der Waals surface area contributed by atoms with Crippen molar-refractivity contribution in [2.45, 2.75) is 31.5 Å². The third kappa shape index (κ3) is 2.79. The van der Waals surface area contributed by atoms with Crippen LogP contribution >= 0.6 is 0 Å². The Labute approximate surface area is 104 Å². The molecule has 2 atom stereocenters. The quantitative estimate of drug-likeness (QED) is 0.902. The Balaban J connectivity index is 2.15. The Morgan fingerprint density at radius 1 is 1.44 bits per heavy atom. The van der Waals surface area contributed by atoms with Crippen LogP contribution in [0.2, 0.25) is 0 Å². The molecule has 1 fully saturated rings. The Hall–Kier alpha value is -1.20. The van der Waals surface area contributed by atoms with Gasteiger partial charge in [-0.25, -0.2) is 8.78 Å².